The molecule has 82 valence electrons. The summed E-state index contributed by atoms with van der Waals surface area (Å²) in [7, 11) is 0. The van der Waals surface area contributed by atoms with Gasteiger partial charge < -0.3 is 5.32 Å². The largest absolute Gasteiger partial charge is 0.311 e. The second kappa shape index (κ2) is 5.41. The van der Waals surface area contributed by atoms with Crippen molar-refractivity contribution >= 4 is 11.8 Å². The molecule has 1 unspecified atom stereocenters. The van der Waals surface area contributed by atoms with Crippen LogP contribution in [-0.2, 0) is 0 Å². The predicted octanol–water partition coefficient (Wildman–Crippen LogP) is 3.05. The molecule has 1 nitrogen and oxygen atoms in total. The van der Waals surface area contributed by atoms with Gasteiger partial charge in [-0.2, -0.15) is 11.8 Å². The van der Waals surface area contributed by atoms with Crippen molar-refractivity contribution in [1.82, 2.24) is 5.32 Å². The Kier molecular flexibility index (Phi) is 4.18. The molecule has 0 aromatic heterocycles. The molecule has 1 saturated carbocycles. The van der Waals surface area contributed by atoms with Gasteiger partial charge in [0.05, 0.1) is 0 Å². The van der Waals surface area contributed by atoms with Crippen LogP contribution in [0.2, 0.25) is 0 Å². The van der Waals surface area contributed by atoms with E-state index < -0.39 is 0 Å². The molecule has 14 heavy (non-hydrogen) atoms. The Balaban J connectivity index is 1.72. The SMILES string of the molecule is CC(NC1CCSCC1)C1CCCC1. The van der Waals surface area contributed by atoms with Crippen LogP contribution >= 0.6 is 11.8 Å². The number of nitrogens with one attached hydrogen (secondary N) is 1. The number of rotatable bonds is 3. The Morgan fingerprint density at radius 2 is 1.71 bits per heavy atom. The van der Waals surface area contributed by atoms with Crippen LogP contribution in [0.1, 0.15) is 45.4 Å². The Morgan fingerprint density at radius 1 is 1.07 bits per heavy atom. The summed E-state index contributed by atoms with van der Waals surface area (Å²) < 4.78 is 0. The van der Waals surface area contributed by atoms with Gasteiger partial charge in [0.25, 0.3) is 0 Å². The van der Waals surface area contributed by atoms with Gasteiger partial charge in [-0.15, -0.1) is 0 Å². The van der Waals surface area contributed by atoms with E-state index in [2.05, 4.69) is 24.0 Å². The third-order valence-corrected chi connectivity index (χ3v) is 4.88. The lowest BCUT2D eigenvalue weighted by Gasteiger charge is -2.29. The number of thioether (sulfide) groups is 1. The highest BCUT2D eigenvalue weighted by atomic mass is 32.2. The van der Waals surface area contributed by atoms with Gasteiger partial charge in [0, 0.05) is 12.1 Å². The van der Waals surface area contributed by atoms with E-state index in [0.29, 0.717) is 0 Å². The molecule has 2 heteroatoms. The fraction of sp³-hybridized carbons (Fsp3) is 1.00. The molecule has 0 bridgehead atoms. The molecule has 0 aromatic rings. The van der Waals surface area contributed by atoms with Crippen LogP contribution in [0.4, 0.5) is 0 Å². The highest BCUT2D eigenvalue weighted by Gasteiger charge is 2.24. The molecular weight excluding hydrogens is 190 g/mol. The zero-order valence-electron chi connectivity index (χ0n) is 9.30. The first kappa shape index (κ1) is 10.8. The quantitative estimate of drug-likeness (QED) is 0.773. The maximum atomic E-state index is 3.85. The second-order valence-corrected chi connectivity index (χ2v) is 6.11. The van der Waals surface area contributed by atoms with E-state index in [1.54, 1.807) is 0 Å². The van der Waals surface area contributed by atoms with Gasteiger partial charge in [-0.25, -0.2) is 0 Å². The summed E-state index contributed by atoms with van der Waals surface area (Å²) in [6.45, 7) is 2.40. The Hall–Kier alpha value is 0.310. The molecule has 1 saturated heterocycles. The highest BCUT2D eigenvalue weighted by Crippen LogP contribution is 2.28. The molecule has 1 aliphatic carbocycles. The van der Waals surface area contributed by atoms with Crippen LogP contribution in [0.15, 0.2) is 0 Å². The van der Waals surface area contributed by atoms with Crippen LogP contribution in [0, 0.1) is 5.92 Å². The minimum atomic E-state index is 0.769. The molecular formula is C12H23NS. The maximum absolute atomic E-state index is 3.85. The van der Waals surface area contributed by atoms with Crippen LogP contribution < -0.4 is 5.32 Å². The minimum Gasteiger partial charge on any atom is -0.311 e. The van der Waals surface area contributed by atoms with Crippen LogP contribution in [0.3, 0.4) is 0 Å². The smallest absolute Gasteiger partial charge is 0.00853 e. The second-order valence-electron chi connectivity index (χ2n) is 4.89. The average molecular weight is 213 g/mol. The van der Waals surface area contributed by atoms with E-state index in [9.17, 15) is 0 Å². The first-order valence-electron chi connectivity index (χ1n) is 6.20. The van der Waals surface area contributed by atoms with Crippen LogP contribution in [-0.4, -0.2) is 23.6 Å². The molecule has 0 aromatic carbocycles. The Bertz CT molecular complexity index is 160. The van der Waals surface area contributed by atoms with Crippen molar-refractivity contribution in [2.75, 3.05) is 11.5 Å². The summed E-state index contributed by atoms with van der Waals surface area (Å²) in [5.74, 6) is 3.72. The average Bonchev–Trinajstić information content (AvgIpc) is 2.72. The molecule has 0 amide bonds. The van der Waals surface area contributed by atoms with E-state index in [-0.39, 0.29) is 0 Å². The monoisotopic (exact) mass is 213 g/mol. The molecule has 0 radical (unpaired) electrons. The maximum Gasteiger partial charge on any atom is 0.00853 e. The van der Waals surface area contributed by atoms with Crippen molar-refractivity contribution in [2.45, 2.75) is 57.5 Å². The predicted molar refractivity (Wildman–Crippen MR) is 64.9 cm³/mol. The summed E-state index contributed by atoms with van der Waals surface area (Å²) in [4.78, 5) is 0. The summed E-state index contributed by atoms with van der Waals surface area (Å²) in [6, 6.07) is 1.59. The third-order valence-electron chi connectivity index (χ3n) is 3.83. The zero-order valence-corrected chi connectivity index (χ0v) is 10.1. The fourth-order valence-corrected chi connectivity index (χ4v) is 3.94. The normalized spacial score (nSPS) is 28.1. The van der Waals surface area contributed by atoms with E-state index in [0.717, 1.165) is 18.0 Å². The summed E-state index contributed by atoms with van der Waals surface area (Å²) in [5.41, 5.74) is 0. The lowest BCUT2D eigenvalue weighted by Crippen LogP contribution is -2.42. The molecule has 1 heterocycles. The van der Waals surface area contributed by atoms with E-state index in [1.165, 1.54) is 50.0 Å². The van der Waals surface area contributed by atoms with Gasteiger partial charge in [0.15, 0.2) is 0 Å². The molecule has 2 fully saturated rings. The number of hydrogen-bond acceptors (Lipinski definition) is 2. The summed E-state index contributed by atoms with van der Waals surface area (Å²) in [6.07, 6.45) is 8.66. The fourth-order valence-electron chi connectivity index (χ4n) is 2.83. The van der Waals surface area contributed by atoms with Crippen molar-refractivity contribution in [3.05, 3.63) is 0 Å². The molecule has 1 atom stereocenters. The standard InChI is InChI=1S/C12H23NS/c1-10(11-4-2-3-5-11)13-12-6-8-14-9-7-12/h10-13H,2-9H2,1H3. The van der Waals surface area contributed by atoms with E-state index >= 15 is 0 Å². The highest BCUT2D eigenvalue weighted by molar-refractivity contribution is 7.99. The van der Waals surface area contributed by atoms with Gasteiger partial charge >= 0.3 is 0 Å². The lowest BCUT2D eigenvalue weighted by atomic mass is 9.98. The molecule has 1 N–H and O–H groups in total. The van der Waals surface area contributed by atoms with Crippen molar-refractivity contribution in [1.29, 1.82) is 0 Å². The summed E-state index contributed by atoms with van der Waals surface area (Å²) >= 11 is 2.12. The van der Waals surface area contributed by atoms with Crippen LogP contribution in [0.5, 0.6) is 0 Å². The van der Waals surface area contributed by atoms with Gasteiger partial charge in [-0.05, 0) is 50.0 Å². The van der Waals surface area contributed by atoms with Gasteiger partial charge in [-0.1, -0.05) is 12.8 Å². The van der Waals surface area contributed by atoms with E-state index in [1.807, 2.05) is 0 Å². The first-order valence-corrected chi connectivity index (χ1v) is 7.35. The third kappa shape index (κ3) is 2.90. The molecule has 2 aliphatic rings. The Morgan fingerprint density at radius 3 is 2.36 bits per heavy atom. The van der Waals surface area contributed by atoms with Crippen molar-refractivity contribution in [3.8, 4) is 0 Å². The lowest BCUT2D eigenvalue weighted by molar-refractivity contribution is 0.330. The van der Waals surface area contributed by atoms with Crippen LogP contribution in [0.25, 0.3) is 0 Å². The van der Waals surface area contributed by atoms with Crippen molar-refractivity contribution in [3.63, 3.8) is 0 Å². The summed E-state index contributed by atoms with van der Waals surface area (Å²) in [5, 5.41) is 3.85. The topological polar surface area (TPSA) is 12.0 Å². The molecule has 2 rings (SSSR count). The number of hydrogen-bond donors (Lipinski definition) is 1. The van der Waals surface area contributed by atoms with E-state index in [4.69, 9.17) is 0 Å². The van der Waals surface area contributed by atoms with Crippen molar-refractivity contribution in [2.24, 2.45) is 5.92 Å². The van der Waals surface area contributed by atoms with Gasteiger partial charge in [0.2, 0.25) is 0 Å². The van der Waals surface area contributed by atoms with Crippen molar-refractivity contribution < 1.29 is 0 Å². The Labute approximate surface area is 92.4 Å². The van der Waals surface area contributed by atoms with Gasteiger partial charge in [-0.3, -0.25) is 0 Å². The molecule has 1 aliphatic heterocycles. The zero-order chi connectivity index (χ0) is 9.80. The minimum absolute atomic E-state index is 0.769. The molecule has 0 spiro atoms. The van der Waals surface area contributed by atoms with Gasteiger partial charge in [0.1, 0.15) is 0 Å². The first-order chi connectivity index (χ1) is 6.86.